The minimum Gasteiger partial charge on any atom is -0.480 e. The maximum absolute atomic E-state index is 13.2. The van der Waals surface area contributed by atoms with Crippen LogP contribution in [-0.4, -0.2) is 57.5 Å². The van der Waals surface area contributed by atoms with E-state index in [0.29, 0.717) is 40.7 Å². The van der Waals surface area contributed by atoms with Crippen LogP contribution in [0.15, 0.2) is 24.3 Å². The average molecular weight is 501 g/mol. The van der Waals surface area contributed by atoms with E-state index in [0.717, 1.165) is 19.3 Å². The molecule has 1 saturated heterocycles. The summed E-state index contributed by atoms with van der Waals surface area (Å²) >= 11 is 1.47. The number of amides is 2. The van der Waals surface area contributed by atoms with Gasteiger partial charge < -0.3 is 20.1 Å². The fraction of sp³-hybridized carbons (Fsp3) is 0.615. The number of carboxylic acids is 1. The molecule has 0 spiro atoms. The van der Waals surface area contributed by atoms with Gasteiger partial charge in [-0.15, -0.1) is 11.8 Å². The third-order valence-electron chi connectivity index (χ3n) is 8.25. The summed E-state index contributed by atoms with van der Waals surface area (Å²) in [5.74, 6) is 1.38. The van der Waals surface area contributed by atoms with Crippen molar-refractivity contribution in [2.45, 2.75) is 64.0 Å². The zero-order chi connectivity index (χ0) is 24.7. The second-order valence-electron chi connectivity index (χ2n) is 10.8. The SMILES string of the molecule is CC(=O)N1CSC[C@@H]1C(=O)N[C@@H](Cc1ccc(OC(=O)C23CC4CC(CC(C4)C2)C3)cc1)C(=O)O. The number of carbonyl (C=O) groups excluding carboxylic acids is 3. The van der Waals surface area contributed by atoms with Gasteiger partial charge in [-0.25, -0.2) is 4.79 Å². The van der Waals surface area contributed by atoms with Gasteiger partial charge in [0.15, 0.2) is 0 Å². The van der Waals surface area contributed by atoms with Gasteiger partial charge in [0.1, 0.15) is 17.8 Å². The number of hydrogen-bond donors (Lipinski definition) is 2. The zero-order valence-corrected chi connectivity index (χ0v) is 20.7. The Morgan fingerprint density at radius 3 is 2.23 bits per heavy atom. The van der Waals surface area contributed by atoms with E-state index < -0.39 is 24.0 Å². The number of nitrogens with one attached hydrogen (secondary N) is 1. The number of esters is 1. The number of ether oxygens (including phenoxy) is 1. The van der Waals surface area contributed by atoms with Crippen LogP contribution in [0.1, 0.15) is 51.0 Å². The molecule has 0 radical (unpaired) electrons. The summed E-state index contributed by atoms with van der Waals surface area (Å²) in [4.78, 5) is 50.8. The van der Waals surface area contributed by atoms with Crippen LogP contribution in [-0.2, 0) is 25.6 Å². The van der Waals surface area contributed by atoms with Crippen molar-refractivity contribution in [2.75, 3.05) is 11.6 Å². The second kappa shape index (κ2) is 9.48. The van der Waals surface area contributed by atoms with E-state index in [1.807, 2.05) is 0 Å². The first-order valence-electron chi connectivity index (χ1n) is 12.4. The van der Waals surface area contributed by atoms with Gasteiger partial charge in [-0.05, 0) is 74.0 Å². The molecule has 5 aliphatic rings. The standard InChI is InChI=1S/C26H32N2O6S/c1-15(29)28-14-35-13-22(28)23(30)27-21(24(31)32)9-16-2-4-20(5-3-16)34-25(33)26-10-17-6-18(11-26)8-19(7-17)12-26/h2-5,17-19,21-22H,6-14H2,1H3,(H,27,30)(H,31,32)/t17?,18?,19?,21-,22+,26?/m0/s1. The predicted molar refractivity (Wildman–Crippen MR) is 130 cm³/mol. The third-order valence-corrected chi connectivity index (χ3v) is 9.26. The van der Waals surface area contributed by atoms with E-state index in [2.05, 4.69) is 5.32 Å². The van der Waals surface area contributed by atoms with Gasteiger partial charge >= 0.3 is 11.9 Å². The molecular weight excluding hydrogens is 468 g/mol. The second-order valence-corrected chi connectivity index (χ2v) is 11.8. The van der Waals surface area contributed by atoms with Crippen molar-refractivity contribution < 1.29 is 29.0 Å². The predicted octanol–water partition coefficient (Wildman–Crippen LogP) is 2.84. The maximum Gasteiger partial charge on any atom is 0.326 e. The van der Waals surface area contributed by atoms with Crippen LogP contribution in [0.2, 0.25) is 0 Å². The lowest BCUT2D eigenvalue weighted by molar-refractivity contribution is -0.161. The molecule has 1 aromatic carbocycles. The quantitative estimate of drug-likeness (QED) is 0.437. The molecule has 4 bridgehead atoms. The van der Waals surface area contributed by atoms with Gasteiger partial charge in [-0.1, -0.05) is 12.1 Å². The Kier molecular flexibility index (Phi) is 6.55. The highest BCUT2D eigenvalue weighted by atomic mass is 32.2. The highest BCUT2D eigenvalue weighted by Gasteiger charge is 2.55. The van der Waals surface area contributed by atoms with E-state index in [9.17, 15) is 24.3 Å². The van der Waals surface area contributed by atoms with Gasteiger partial charge in [-0.3, -0.25) is 14.4 Å². The van der Waals surface area contributed by atoms with E-state index in [1.54, 1.807) is 24.3 Å². The van der Waals surface area contributed by atoms with E-state index in [-0.39, 0.29) is 23.7 Å². The fourth-order valence-corrected chi connectivity index (χ4v) is 8.16. The van der Waals surface area contributed by atoms with Crippen LogP contribution in [0, 0.1) is 23.2 Å². The first-order valence-corrected chi connectivity index (χ1v) is 13.6. The molecule has 5 fully saturated rings. The molecule has 2 atom stereocenters. The topological polar surface area (TPSA) is 113 Å². The van der Waals surface area contributed by atoms with E-state index >= 15 is 0 Å². The van der Waals surface area contributed by atoms with Crippen LogP contribution in [0.5, 0.6) is 5.75 Å². The number of carboxylic acid groups (broad SMARTS) is 1. The Hall–Kier alpha value is -2.55. The molecule has 0 unspecified atom stereocenters. The van der Waals surface area contributed by atoms with E-state index in [4.69, 9.17) is 4.74 Å². The third kappa shape index (κ3) is 4.92. The maximum atomic E-state index is 13.2. The Morgan fingerprint density at radius 2 is 1.69 bits per heavy atom. The summed E-state index contributed by atoms with van der Waals surface area (Å²) in [6.45, 7) is 1.40. The van der Waals surface area contributed by atoms with Crippen molar-refractivity contribution >= 4 is 35.5 Å². The van der Waals surface area contributed by atoms with Crippen LogP contribution >= 0.6 is 11.8 Å². The molecule has 2 N–H and O–H groups in total. The van der Waals surface area contributed by atoms with Crippen LogP contribution in [0.3, 0.4) is 0 Å². The van der Waals surface area contributed by atoms with Crippen LogP contribution < -0.4 is 10.1 Å². The Labute approximate surface area is 209 Å². The molecule has 2 amide bonds. The number of rotatable bonds is 7. The summed E-state index contributed by atoms with van der Waals surface area (Å²) in [5, 5.41) is 12.2. The summed E-state index contributed by atoms with van der Waals surface area (Å²) < 4.78 is 5.81. The summed E-state index contributed by atoms with van der Waals surface area (Å²) in [6.07, 6.45) is 6.69. The molecular formula is C26H32N2O6S. The number of hydrogen-bond acceptors (Lipinski definition) is 6. The lowest BCUT2D eigenvalue weighted by Crippen LogP contribution is -2.52. The van der Waals surface area contributed by atoms with Crippen molar-refractivity contribution in [2.24, 2.45) is 23.2 Å². The number of thioether (sulfide) groups is 1. The Balaban J connectivity index is 1.19. The van der Waals surface area contributed by atoms with Gasteiger partial charge in [-0.2, -0.15) is 0 Å². The van der Waals surface area contributed by atoms with Crippen molar-refractivity contribution in [3.05, 3.63) is 29.8 Å². The molecule has 1 aliphatic heterocycles. The molecule has 35 heavy (non-hydrogen) atoms. The molecule has 6 rings (SSSR count). The highest BCUT2D eigenvalue weighted by molar-refractivity contribution is 7.99. The van der Waals surface area contributed by atoms with Crippen LogP contribution in [0.4, 0.5) is 0 Å². The smallest absolute Gasteiger partial charge is 0.326 e. The number of aliphatic carboxylic acids is 1. The van der Waals surface area contributed by atoms with Crippen molar-refractivity contribution in [3.8, 4) is 5.75 Å². The first-order chi connectivity index (χ1) is 16.7. The monoisotopic (exact) mass is 500 g/mol. The lowest BCUT2D eigenvalue weighted by atomic mass is 9.49. The van der Waals surface area contributed by atoms with Gasteiger partial charge in [0.25, 0.3) is 0 Å². The largest absolute Gasteiger partial charge is 0.480 e. The molecule has 4 aliphatic carbocycles. The Bertz CT molecular complexity index is 990. The Morgan fingerprint density at radius 1 is 1.09 bits per heavy atom. The van der Waals surface area contributed by atoms with Gasteiger partial charge in [0.05, 0.1) is 11.3 Å². The zero-order valence-electron chi connectivity index (χ0n) is 19.9. The van der Waals surface area contributed by atoms with Crippen molar-refractivity contribution in [1.82, 2.24) is 10.2 Å². The first kappa shape index (κ1) is 24.2. The molecule has 0 aromatic heterocycles. The average Bonchev–Trinajstić information content (AvgIpc) is 3.29. The minimum absolute atomic E-state index is 0.0875. The number of nitrogens with zero attached hydrogens (tertiary/aromatic N) is 1. The molecule has 1 heterocycles. The normalized spacial score (nSPS) is 31.7. The van der Waals surface area contributed by atoms with Crippen LogP contribution in [0.25, 0.3) is 0 Å². The molecule has 8 nitrogen and oxygen atoms in total. The number of carbonyl (C=O) groups is 4. The van der Waals surface area contributed by atoms with Crippen molar-refractivity contribution in [3.63, 3.8) is 0 Å². The highest BCUT2D eigenvalue weighted by Crippen LogP contribution is 2.60. The summed E-state index contributed by atoms with van der Waals surface area (Å²) in [7, 11) is 0. The molecule has 4 saturated carbocycles. The fourth-order valence-electron chi connectivity index (χ4n) is 6.94. The van der Waals surface area contributed by atoms with E-state index in [1.165, 1.54) is 42.8 Å². The lowest BCUT2D eigenvalue weighted by Gasteiger charge is -2.55. The molecule has 1 aromatic rings. The minimum atomic E-state index is -1.14. The van der Waals surface area contributed by atoms with Crippen molar-refractivity contribution in [1.29, 1.82) is 0 Å². The summed E-state index contributed by atoms with van der Waals surface area (Å²) in [5.41, 5.74) is 0.370. The summed E-state index contributed by atoms with van der Waals surface area (Å²) in [6, 6.07) is 5.07. The van der Waals surface area contributed by atoms with Gasteiger partial charge in [0, 0.05) is 19.1 Å². The van der Waals surface area contributed by atoms with Gasteiger partial charge in [0.2, 0.25) is 11.8 Å². The number of benzene rings is 1. The molecule has 188 valence electrons. The molecule has 9 heteroatoms.